The van der Waals surface area contributed by atoms with Gasteiger partial charge in [-0.1, -0.05) is 25.5 Å². The van der Waals surface area contributed by atoms with E-state index in [0.29, 0.717) is 18.7 Å². The number of methoxy groups -OCH3 is 1. The van der Waals surface area contributed by atoms with Gasteiger partial charge in [0.1, 0.15) is 17.1 Å². The Bertz CT molecular complexity index is 1100. The van der Waals surface area contributed by atoms with E-state index in [1.165, 1.54) is 23.8 Å². The topological polar surface area (TPSA) is 68.5 Å². The molecule has 0 spiro atoms. The smallest absolute Gasteiger partial charge is 0.341 e. The van der Waals surface area contributed by atoms with Gasteiger partial charge < -0.3 is 14.4 Å². The first-order valence-corrected chi connectivity index (χ1v) is 8.81. The number of ether oxygens (including phenoxy) is 1. The van der Waals surface area contributed by atoms with Gasteiger partial charge in [-0.05, 0) is 30.2 Å². The standard InChI is InChI=1S/C21H19F2NO4/c1-3-4-9-24-11-15(21(26)27)20(25)14-10-16(22)17(18(23)19(14)24)12-5-7-13(28-2)8-6-12/h5-8,10-11H,3-4,9H2,1-2H3,(H,26,27). The monoisotopic (exact) mass is 387 g/mol. The van der Waals surface area contributed by atoms with Crippen LogP contribution in [0.3, 0.4) is 0 Å². The van der Waals surface area contributed by atoms with Crippen LogP contribution in [-0.2, 0) is 6.54 Å². The minimum absolute atomic E-state index is 0.101. The van der Waals surface area contributed by atoms with E-state index >= 15 is 4.39 Å². The van der Waals surface area contributed by atoms with Gasteiger partial charge in [0.15, 0.2) is 5.82 Å². The van der Waals surface area contributed by atoms with Crippen molar-refractivity contribution < 1.29 is 23.4 Å². The fraction of sp³-hybridized carbons (Fsp3) is 0.238. The summed E-state index contributed by atoms with van der Waals surface area (Å²) >= 11 is 0. The predicted octanol–water partition coefficient (Wildman–Crippen LogP) is 4.45. The van der Waals surface area contributed by atoms with Crippen LogP contribution in [0.1, 0.15) is 30.1 Å². The van der Waals surface area contributed by atoms with E-state index in [4.69, 9.17) is 4.74 Å². The van der Waals surface area contributed by atoms with Gasteiger partial charge in [-0.25, -0.2) is 13.6 Å². The zero-order valence-corrected chi connectivity index (χ0v) is 15.5. The molecule has 0 amide bonds. The molecule has 3 aromatic rings. The molecule has 0 unspecified atom stereocenters. The molecule has 0 saturated heterocycles. The lowest BCUT2D eigenvalue weighted by Crippen LogP contribution is -2.20. The summed E-state index contributed by atoms with van der Waals surface area (Å²) in [5, 5.41) is 8.99. The number of hydrogen-bond acceptors (Lipinski definition) is 3. The SMILES string of the molecule is CCCCn1cc(C(=O)O)c(=O)c2cc(F)c(-c3ccc(OC)cc3)c(F)c21. The van der Waals surface area contributed by atoms with Crippen LogP contribution in [0.5, 0.6) is 5.75 Å². The summed E-state index contributed by atoms with van der Waals surface area (Å²) in [6.45, 7) is 2.24. The molecule has 0 bridgehead atoms. The maximum Gasteiger partial charge on any atom is 0.341 e. The van der Waals surface area contributed by atoms with Crippen molar-refractivity contribution in [1.82, 2.24) is 4.57 Å². The Labute approximate surface area is 159 Å². The van der Waals surface area contributed by atoms with Crippen LogP contribution in [-0.4, -0.2) is 22.8 Å². The van der Waals surface area contributed by atoms with Crippen molar-refractivity contribution in [3.05, 3.63) is 63.9 Å². The normalized spacial score (nSPS) is 11.0. The number of pyridine rings is 1. The summed E-state index contributed by atoms with van der Waals surface area (Å²) in [5.74, 6) is -2.73. The second kappa shape index (κ2) is 7.80. The Morgan fingerprint density at radius 2 is 1.89 bits per heavy atom. The molecule has 28 heavy (non-hydrogen) atoms. The summed E-state index contributed by atoms with van der Waals surface area (Å²) in [5.41, 5.74) is -1.51. The molecule has 5 nitrogen and oxygen atoms in total. The molecule has 0 radical (unpaired) electrons. The number of carboxylic acid groups (broad SMARTS) is 1. The molecule has 0 aliphatic rings. The molecule has 1 aromatic heterocycles. The van der Waals surface area contributed by atoms with Crippen molar-refractivity contribution in [1.29, 1.82) is 0 Å². The average Bonchev–Trinajstić information content (AvgIpc) is 2.68. The number of nitrogens with zero attached hydrogens (tertiary/aromatic N) is 1. The summed E-state index contributed by atoms with van der Waals surface area (Å²) in [4.78, 5) is 23.9. The summed E-state index contributed by atoms with van der Waals surface area (Å²) in [6, 6.07) is 7.11. The van der Waals surface area contributed by atoms with Crippen molar-refractivity contribution in [2.24, 2.45) is 0 Å². The van der Waals surface area contributed by atoms with E-state index in [1.807, 2.05) is 6.92 Å². The molecule has 2 aromatic carbocycles. The number of hydrogen-bond donors (Lipinski definition) is 1. The summed E-state index contributed by atoms with van der Waals surface area (Å²) in [6.07, 6.45) is 2.55. The molecular weight excluding hydrogens is 368 g/mol. The van der Waals surface area contributed by atoms with Crippen molar-refractivity contribution in [2.45, 2.75) is 26.3 Å². The largest absolute Gasteiger partial charge is 0.497 e. The predicted molar refractivity (Wildman–Crippen MR) is 102 cm³/mol. The molecule has 3 rings (SSSR count). The van der Waals surface area contributed by atoms with Crippen molar-refractivity contribution in [3.8, 4) is 16.9 Å². The number of aryl methyl sites for hydroxylation is 1. The van der Waals surface area contributed by atoms with Crippen molar-refractivity contribution in [3.63, 3.8) is 0 Å². The molecule has 0 aliphatic heterocycles. The van der Waals surface area contributed by atoms with E-state index in [9.17, 15) is 19.1 Å². The Balaban J connectivity index is 2.35. The Hall–Kier alpha value is -3.22. The van der Waals surface area contributed by atoms with Gasteiger partial charge in [0.05, 0.1) is 23.6 Å². The maximum absolute atomic E-state index is 15.4. The minimum Gasteiger partial charge on any atom is -0.497 e. The first-order valence-electron chi connectivity index (χ1n) is 8.81. The van der Waals surface area contributed by atoms with Gasteiger partial charge in [-0.15, -0.1) is 0 Å². The molecule has 7 heteroatoms. The number of benzene rings is 2. The van der Waals surface area contributed by atoms with E-state index in [1.54, 1.807) is 12.1 Å². The van der Waals surface area contributed by atoms with Crippen LogP contribution in [0.15, 0.2) is 41.3 Å². The first kappa shape index (κ1) is 19.5. The number of carboxylic acids is 1. The Kier molecular flexibility index (Phi) is 5.44. The van der Waals surface area contributed by atoms with Crippen LogP contribution in [0.25, 0.3) is 22.0 Å². The number of fused-ring (bicyclic) bond motifs is 1. The van der Waals surface area contributed by atoms with Crippen LogP contribution < -0.4 is 10.2 Å². The Morgan fingerprint density at radius 3 is 2.46 bits per heavy atom. The van der Waals surface area contributed by atoms with Crippen LogP contribution in [0.2, 0.25) is 0 Å². The van der Waals surface area contributed by atoms with Gasteiger partial charge in [0.25, 0.3) is 0 Å². The third-order valence-corrected chi connectivity index (χ3v) is 4.62. The van der Waals surface area contributed by atoms with E-state index < -0.39 is 28.6 Å². The van der Waals surface area contributed by atoms with Gasteiger partial charge in [0, 0.05) is 12.7 Å². The molecule has 0 aliphatic carbocycles. The van der Waals surface area contributed by atoms with Gasteiger partial charge in [0.2, 0.25) is 5.43 Å². The quantitative estimate of drug-likeness (QED) is 0.678. The van der Waals surface area contributed by atoms with Gasteiger partial charge in [-0.3, -0.25) is 4.79 Å². The average molecular weight is 387 g/mol. The zero-order valence-electron chi connectivity index (χ0n) is 15.5. The summed E-state index contributed by atoms with van der Waals surface area (Å²) in [7, 11) is 1.48. The highest BCUT2D eigenvalue weighted by molar-refractivity contribution is 5.94. The number of rotatable bonds is 6. The summed E-state index contributed by atoms with van der Waals surface area (Å²) < 4.78 is 36.6. The highest BCUT2D eigenvalue weighted by Gasteiger charge is 2.22. The van der Waals surface area contributed by atoms with Crippen molar-refractivity contribution in [2.75, 3.05) is 7.11 Å². The lowest BCUT2D eigenvalue weighted by Gasteiger charge is -2.15. The number of unbranched alkanes of at least 4 members (excludes halogenated alkanes) is 1. The molecule has 0 atom stereocenters. The molecule has 1 heterocycles. The second-order valence-electron chi connectivity index (χ2n) is 6.40. The lowest BCUT2D eigenvalue weighted by atomic mass is 10.0. The number of halogens is 2. The number of aromatic carboxylic acids is 1. The van der Waals surface area contributed by atoms with Crippen LogP contribution >= 0.6 is 0 Å². The molecular formula is C21H19F2NO4. The highest BCUT2D eigenvalue weighted by atomic mass is 19.1. The van der Waals surface area contributed by atoms with E-state index in [0.717, 1.165) is 18.7 Å². The van der Waals surface area contributed by atoms with Gasteiger partial charge >= 0.3 is 5.97 Å². The van der Waals surface area contributed by atoms with Crippen molar-refractivity contribution >= 4 is 16.9 Å². The maximum atomic E-state index is 15.4. The van der Waals surface area contributed by atoms with E-state index in [-0.39, 0.29) is 22.0 Å². The second-order valence-corrected chi connectivity index (χ2v) is 6.40. The Morgan fingerprint density at radius 1 is 1.21 bits per heavy atom. The zero-order chi connectivity index (χ0) is 20.4. The molecule has 146 valence electrons. The number of carbonyl (C=O) groups is 1. The molecule has 0 fully saturated rings. The third-order valence-electron chi connectivity index (χ3n) is 4.62. The van der Waals surface area contributed by atoms with Crippen LogP contribution in [0.4, 0.5) is 8.78 Å². The highest BCUT2D eigenvalue weighted by Crippen LogP contribution is 2.32. The van der Waals surface area contributed by atoms with Crippen LogP contribution in [0, 0.1) is 11.6 Å². The van der Waals surface area contributed by atoms with Gasteiger partial charge in [-0.2, -0.15) is 0 Å². The van der Waals surface area contributed by atoms with E-state index in [2.05, 4.69) is 0 Å². The molecule has 1 N–H and O–H groups in total. The fourth-order valence-electron chi connectivity index (χ4n) is 3.17. The first-order chi connectivity index (χ1) is 13.4. The minimum atomic E-state index is -1.43. The lowest BCUT2D eigenvalue weighted by molar-refractivity contribution is 0.0694. The number of aromatic nitrogens is 1. The third kappa shape index (κ3) is 3.35. The fourth-order valence-corrected chi connectivity index (χ4v) is 3.17. The molecule has 0 saturated carbocycles.